The summed E-state index contributed by atoms with van der Waals surface area (Å²) in [7, 11) is 1.48. The van der Waals surface area contributed by atoms with Gasteiger partial charge in [0.05, 0.1) is 17.5 Å². The summed E-state index contributed by atoms with van der Waals surface area (Å²) >= 11 is 15.8. The molecule has 0 heterocycles. The third-order valence-corrected chi connectivity index (χ3v) is 4.52. The van der Waals surface area contributed by atoms with E-state index in [2.05, 4.69) is 15.9 Å². The third kappa shape index (κ3) is 3.04. The smallest absolute Gasteiger partial charge is 0.131 e. The average molecular weight is 364 g/mol. The van der Waals surface area contributed by atoms with Crippen molar-refractivity contribution < 1.29 is 9.13 Å². The van der Waals surface area contributed by atoms with Crippen LogP contribution in [0.2, 0.25) is 5.02 Å². The van der Waals surface area contributed by atoms with Gasteiger partial charge in [0.25, 0.3) is 0 Å². The number of ether oxygens (including phenoxy) is 1. The molecule has 1 atom stereocenters. The van der Waals surface area contributed by atoms with Crippen LogP contribution in [-0.4, -0.2) is 7.11 Å². The zero-order chi connectivity index (χ0) is 14.0. The van der Waals surface area contributed by atoms with Crippen molar-refractivity contribution >= 4 is 39.1 Å². The summed E-state index contributed by atoms with van der Waals surface area (Å²) < 4.78 is 19.7. The fraction of sp³-hybridized carbons (Fsp3) is 0.143. The molecule has 2 aromatic rings. The Bertz CT molecular complexity index is 604. The molecule has 5 heteroatoms. The summed E-state index contributed by atoms with van der Waals surface area (Å²) in [5, 5.41) is -0.173. The van der Waals surface area contributed by atoms with Crippen molar-refractivity contribution in [3.63, 3.8) is 0 Å². The van der Waals surface area contributed by atoms with Crippen molar-refractivity contribution in [3.05, 3.63) is 62.8 Å². The number of rotatable bonds is 3. The van der Waals surface area contributed by atoms with E-state index in [0.29, 0.717) is 21.9 Å². The molecule has 0 aromatic heterocycles. The number of hydrogen-bond acceptors (Lipinski definition) is 1. The second-order valence-corrected chi connectivity index (χ2v) is 5.56. The Kier molecular flexibility index (Phi) is 4.71. The van der Waals surface area contributed by atoms with E-state index in [-0.39, 0.29) is 0 Å². The molecule has 100 valence electrons. The summed E-state index contributed by atoms with van der Waals surface area (Å²) in [4.78, 5) is 0. The van der Waals surface area contributed by atoms with Crippen LogP contribution in [0.4, 0.5) is 4.39 Å². The Balaban J connectivity index is 2.44. The zero-order valence-corrected chi connectivity index (χ0v) is 13.1. The molecule has 0 N–H and O–H groups in total. The Morgan fingerprint density at radius 2 is 1.95 bits per heavy atom. The van der Waals surface area contributed by atoms with Crippen LogP contribution in [0.25, 0.3) is 0 Å². The first-order valence-corrected chi connectivity index (χ1v) is 7.06. The van der Waals surface area contributed by atoms with Crippen molar-refractivity contribution in [1.82, 2.24) is 0 Å². The molecule has 0 amide bonds. The molecule has 0 aliphatic carbocycles. The Morgan fingerprint density at radius 1 is 1.21 bits per heavy atom. The Morgan fingerprint density at radius 3 is 2.58 bits per heavy atom. The van der Waals surface area contributed by atoms with Crippen LogP contribution in [-0.2, 0) is 0 Å². The fourth-order valence-corrected chi connectivity index (χ4v) is 2.76. The largest absolute Gasteiger partial charge is 0.497 e. The molecule has 0 aliphatic heterocycles. The van der Waals surface area contributed by atoms with Crippen molar-refractivity contribution in [2.75, 3.05) is 7.11 Å². The summed E-state index contributed by atoms with van der Waals surface area (Å²) in [5.74, 6) is 0.0286. The lowest BCUT2D eigenvalue weighted by Crippen LogP contribution is -1.99. The molecule has 1 unspecified atom stereocenters. The molecule has 0 bridgehead atoms. The van der Waals surface area contributed by atoms with Crippen molar-refractivity contribution in [2.45, 2.75) is 5.38 Å². The minimum absolute atomic E-state index is 0.363. The maximum Gasteiger partial charge on any atom is 0.131 e. The fourth-order valence-electron chi connectivity index (χ4n) is 1.72. The molecular weight excluding hydrogens is 354 g/mol. The molecule has 19 heavy (non-hydrogen) atoms. The number of methoxy groups -OCH3 is 1. The van der Waals surface area contributed by atoms with E-state index in [0.717, 1.165) is 4.47 Å². The van der Waals surface area contributed by atoms with Gasteiger partial charge in [-0.3, -0.25) is 0 Å². The zero-order valence-electron chi connectivity index (χ0n) is 9.96. The minimum Gasteiger partial charge on any atom is -0.497 e. The van der Waals surface area contributed by atoms with Gasteiger partial charge >= 0.3 is 0 Å². The van der Waals surface area contributed by atoms with Gasteiger partial charge < -0.3 is 4.74 Å². The van der Waals surface area contributed by atoms with E-state index < -0.39 is 11.2 Å². The highest BCUT2D eigenvalue weighted by Crippen LogP contribution is 2.38. The molecule has 0 saturated carbocycles. The summed E-state index contributed by atoms with van der Waals surface area (Å²) in [6.07, 6.45) is 0. The molecule has 0 spiro atoms. The van der Waals surface area contributed by atoms with E-state index in [9.17, 15) is 4.39 Å². The highest BCUT2D eigenvalue weighted by molar-refractivity contribution is 9.10. The monoisotopic (exact) mass is 362 g/mol. The predicted molar refractivity (Wildman–Crippen MR) is 79.8 cm³/mol. The number of halogens is 4. The summed E-state index contributed by atoms with van der Waals surface area (Å²) in [6.45, 7) is 0. The van der Waals surface area contributed by atoms with E-state index in [4.69, 9.17) is 27.9 Å². The van der Waals surface area contributed by atoms with Crippen LogP contribution in [0.3, 0.4) is 0 Å². The van der Waals surface area contributed by atoms with Gasteiger partial charge in [0.1, 0.15) is 11.6 Å². The predicted octanol–water partition coefficient (Wildman–Crippen LogP) is 5.58. The highest BCUT2D eigenvalue weighted by atomic mass is 79.9. The molecule has 2 rings (SSSR count). The van der Waals surface area contributed by atoms with Gasteiger partial charge in [-0.05, 0) is 33.6 Å². The molecule has 0 aliphatic rings. The lowest BCUT2D eigenvalue weighted by Gasteiger charge is -2.14. The first-order valence-electron chi connectivity index (χ1n) is 5.46. The van der Waals surface area contributed by atoms with Gasteiger partial charge in [0, 0.05) is 16.1 Å². The van der Waals surface area contributed by atoms with Gasteiger partial charge in [-0.2, -0.15) is 0 Å². The van der Waals surface area contributed by atoms with Crippen molar-refractivity contribution in [3.8, 4) is 5.75 Å². The SMILES string of the molecule is COc1ccc(C(Cl)c2cccc(Br)c2Cl)c(F)c1. The maximum absolute atomic E-state index is 14.0. The normalized spacial score (nSPS) is 12.3. The summed E-state index contributed by atoms with van der Waals surface area (Å²) in [6, 6.07) is 9.95. The molecule has 0 radical (unpaired) electrons. The highest BCUT2D eigenvalue weighted by Gasteiger charge is 2.19. The summed E-state index contributed by atoms with van der Waals surface area (Å²) in [5.41, 5.74) is 1.02. The van der Waals surface area contributed by atoms with Gasteiger partial charge in [0.2, 0.25) is 0 Å². The van der Waals surface area contributed by atoms with Gasteiger partial charge in [-0.25, -0.2) is 4.39 Å². The van der Waals surface area contributed by atoms with Crippen molar-refractivity contribution in [1.29, 1.82) is 0 Å². The molecule has 2 aromatic carbocycles. The van der Waals surface area contributed by atoms with E-state index >= 15 is 0 Å². The van der Waals surface area contributed by atoms with Gasteiger partial charge in [-0.1, -0.05) is 29.8 Å². The average Bonchev–Trinajstić information content (AvgIpc) is 2.41. The second-order valence-electron chi connectivity index (χ2n) is 3.89. The van der Waals surface area contributed by atoms with E-state index in [1.54, 1.807) is 24.3 Å². The van der Waals surface area contributed by atoms with Crippen LogP contribution in [0.1, 0.15) is 16.5 Å². The second kappa shape index (κ2) is 6.12. The molecule has 0 fully saturated rings. The van der Waals surface area contributed by atoms with Gasteiger partial charge in [0.15, 0.2) is 0 Å². The molecule has 1 nitrogen and oxygen atoms in total. The first kappa shape index (κ1) is 14.6. The minimum atomic E-state index is -0.657. The lowest BCUT2D eigenvalue weighted by atomic mass is 10.0. The van der Waals surface area contributed by atoms with Crippen LogP contribution < -0.4 is 4.74 Å². The number of hydrogen-bond donors (Lipinski definition) is 0. The Labute approximate surface area is 129 Å². The quantitative estimate of drug-likeness (QED) is 0.647. The van der Waals surface area contributed by atoms with Crippen molar-refractivity contribution in [2.24, 2.45) is 0 Å². The standard InChI is InChI=1S/C14H10BrCl2FO/c1-19-8-5-6-9(12(18)7-8)13(16)10-3-2-4-11(15)14(10)17/h2-7,13H,1H3. The Hall–Kier alpha value is -0.770. The topological polar surface area (TPSA) is 9.23 Å². The number of benzene rings is 2. The number of alkyl halides is 1. The van der Waals surface area contributed by atoms with E-state index in [1.807, 2.05) is 6.07 Å². The maximum atomic E-state index is 14.0. The van der Waals surface area contributed by atoms with Gasteiger partial charge in [-0.15, -0.1) is 11.6 Å². The van der Waals surface area contributed by atoms with Crippen LogP contribution >= 0.6 is 39.1 Å². The van der Waals surface area contributed by atoms with Crippen LogP contribution in [0.5, 0.6) is 5.75 Å². The molecule has 0 saturated heterocycles. The first-order chi connectivity index (χ1) is 9.04. The molecular formula is C14H10BrCl2FO. The lowest BCUT2D eigenvalue weighted by molar-refractivity contribution is 0.411. The van der Waals surface area contributed by atoms with E-state index in [1.165, 1.54) is 13.2 Å². The third-order valence-electron chi connectivity index (χ3n) is 2.74. The van der Waals surface area contributed by atoms with Crippen LogP contribution in [0, 0.1) is 5.82 Å². The van der Waals surface area contributed by atoms with Crippen LogP contribution in [0.15, 0.2) is 40.9 Å².